The molecule has 0 saturated heterocycles. The van der Waals surface area contributed by atoms with Gasteiger partial charge in [-0.3, -0.25) is 28.8 Å². The Kier molecular flexibility index (Phi) is 12.2. The van der Waals surface area contributed by atoms with Crippen LogP contribution in [0.25, 0.3) is 0 Å². The van der Waals surface area contributed by atoms with Crippen LogP contribution in [-0.2, 0) is 35.2 Å². The summed E-state index contributed by atoms with van der Waals surface area (Å²) < 4.78 is 0. The number of halogens is 1. The van der Waals surface area contributed by atoms with Crippen molar-refractivity contribution in [2.45, 2.75) is 71.6 Å². The number of Topliss-reactive ketones (excluding diaryl/α,β-unsaturated/α-hetero) is 2. The molecular formula is C25H35ClN4O7. The molecule has 0 unspecified atom stereocenters. The summed E-state index contributed by atoms with van der Waals surface area (Å²) in [4.78, 5) is 76.2. The van der Waals surface area contributed by atoms with Gasteiger partial charge in [-0.1, -0.05) is 26.0 Å². The summed E-state index contributed by atoms with van der Waals surface area (Å²) in [6.07, 6.45) is -0.327. The lowest BCUT2D eigenvalue weighted by Crippen LogP contribution is -2.62. The largest absolute Gasteiger partial charge is 0.508 e. The first kappa shape index (κ1) is 31.6. The maximum Gasteiger partial charge on any atom is 0.246 e. The first-order valence-electron chi connectivity index (χ1n) is 11.7. The number of carbonyl (C=O) groups is 6. The fraction of sp³-hybridized carbons (Fsp3) is 0.520. The second kappa shape index (κ2) is 14.3. The zero-order valence-corrected chi connectivity index (χ0v) is 22.4. The van der Waals surface area contributed by atoms with Crippen LogP contribution >= 0.6 is 11.6 Å². The topological polar surface area (TPSA) is 176 Å². The molecule has 0 aliphatic carbocycles. The smallest absolute Gasteiger partial charge is 0.246 e. The third-order valence-electron chi connectivity index (χ3n) is 5.70. The van der Waals surface area contributed by atoms with Gasteiger partial charge in [0.15, 0.2) is 5.78 Å². The molecule has 4 amide bonds. The fourth-order valence-corrected chi connectivity index (χ4v) is 3.91. The summed E-state index contributed by atoms with van der Waals surface area (Å²) in [7, 11) is 0. The molecular weight excluding hydrogens is 504 g/mol. The molecule has 4 atom stereocenters. The van der Waals surface area contributed by atoms with Crippen molar-refractivity contribution in [3.63, 3.8) is 0 Å². The maximum absolute atomic E-state index is 13.7. The molecule has 11 nitrogen and oxygen atoms in total. The highest BCUT2D eigenvalue weighted by Gasteiger charge is 2.40. The summed E-state index contributed by atoms with van der Waals surface area (Å²) in [6.45, 7) is 7.08. The lowest BCUT2D eigenvalue weighted by molar-refractivity contribution is -0.149. The highest BCUT2D eigenvalue weighted by atomic mass is 35.5. The van der Waals surface area contributed by atoms with E-state index in [0.29, 0.717) is 5.56 Å². The Morgan fingerprint density at radius 3 is 2.00 bits per heavy atom. The molecule has 0 aliphatic rings. The van der Waals surface area contributed by atoms with Crippen LogP contribution in [0, 0.1) is 5.92 Å². The van der Waals surface area contributed by atoms with E-state index in [2.05, 4.69) is 10.6 Å². The number of carbonyl (C=O) groups excluding carboxylic acids is 6. The number of aromatic hydroxyl groups is 1. The van der Waals surface area contributed by atoms with Gasteiger partial charge in [-0.05, 0) is 37.5 Å². The third kappa shape index (κ3) is 9.49. The minimum absolute atomic E-state index is 0.0324. The van der Waals surface area contributed by atoms with E-state index in [1.807, 2.05) is 0 Å². The van der Waals surface area contributed by atoms with Crippen molar-refractivity contribution in [3.8, 4) is 5.75 Å². The highest BCUT2D eigenvalue weighted by Crippen LogP contribution is 2.18. The molecule has 1 rings (SSSR count). The van der Waals surface area contributed by atoms with Crippen molar-refractivity contribution in [1.29, 1.82) is 0 Å². The molecule has 12 heteroatoms. The average molecular weight is 539 g/mol. The zero-order valence-electron chi connectivity index (χ0n) is 21.6. The SMILES string of the molecule is CC(=O)C[C@@H](C(=O)CCl)N(C(=O)[C@@H](NC(=O)[C@H](Cc1ccc(O)cc1)NC(C)=O)C(C)C)[C@@H](C)C(N)=O. The predicted molar refractivity (Wildman–Crippen MR) is 136 cm³/mol. The van der Waals surface area contributed by atoms with Gasteiger partial charge >= 0.3 is 0 Å². The van der Waals surface area contributed by atoms with Crippen LogP contribution in [0.4, 0.5) is 0 Å². The number of hydrogen-bond acceptors (Lipinski definition) is 7. The molecule has 0 bridgehead atoms. The van der Waals surface area contributed by atoms with E-state index in [1.165, 1.54) is 32.9 Å². The quantitative estimate of drug-likeness (QED) is 0.248. The third-order valence-corrected chi connectivity index (χ3v) is 5.97. The number of phenols is 1. The maximum atomic E-state index is 13.7. The number of nitrogens with one attached hydrogen (secondary N) is 2. The van der Waals surface area contributed by atoms with Gasteiger partial charge in [-0.2, -0.15) is 0 Å². The van der Waals surface area contributed by atoms with E-state index in [1.54, 1.807) is 26.0 Å². The van der Waals surface area contributed by atoms with E-state index in [4.69, 9.17) is 17.3 Å². The van der Waals surface area contributed by atoms with Crippen LogP contribution in [0.3, 0.4) is 0 Å². The Hall–Kier alpha value is -3.47. The van der Waals surface area contributed by atoms with E-state index in [0.717, 1.165) is 4.90 Å². The monoisotopic (exact) mass is 538 g/mol. The van der Waals surface area contributed by atoms with Gasteiger partial charge in [0.1, 0.15) is 29.7 Å². The lowest BCUT2D eigenvalue weighted by atomic mass is 9.96. The summed E-state index contributed by atoms with van der Waals surface area (Å²) >= 11 is 5.73. The summed E-state index contributed by atoms with van der Waals surface area (Å²) in [6, 6.07) is 1.09. The Labute approximate surface area is 221 Å². The summed E-state index contributed by atoms with van der Waals surface area (Å²) in [5.41, 5.74) is 6.08. The van der Waals surface area contributed by atoms with Gasteiger partial charge in [0.05, 0.1) is 11.9 Å². The molecule has 0 heterocycles. The summed E-state index contributed by atoms with van der Waals surface area (Å²) in [5.74, 6) is -4.95. The number of amides is 4. The Bertz CT molecular complexity index is 1010. The number of phenolic OH excluding ortho intramolecular Hbond substituents is 1. The molecule has 37 heavy (non-hydrogen) atoms. The molecule has 0 radical (unpaired) electrons. The Balaban J connectivity index is 3.37. The van der Waals surface area contributed by atoms with E-state index < -0.39 is 71.2 Å². The molecule has 0 saturated carbocycles. The minimum Gasteiger partial charge on any atom is -0.508 e. The number of nitrogens with zero attached hydrogens (tertiary/aromatic N) is 1. The zero-order chi connectivity index (χ0) is 28.4. The number of primary amides is 1. The molecule has 0 fully saturated rings. The van der Waals surface area contributed by atoms with Crippen molar-refractivity contribution >= 4 is 46.8 Å². The molecule has 0 aromatic heterocycles. The van der Waals surface area contributed by atoms with Crippen LogP contribution in [0.1, 0.15) is 46.6 Å². The number of alkyl halides is 1. The Morgan fingerprint density at radius 1 is 1.00 bits per heavy atom. The van der Waals surface area contributed by atoms with Gasteiger partial charge in [-0.15, -0.1) is 11.6 Å². The van der Waals surface area contributed by atoms with Gasteiger partial charge in [0.25, 0.3) is 0 Å². The van der Waals surface area contributed by atoms with Crippen LogP contribution in [0.2, 0.25) is 0 Å². The van der Waals surface area contributed by atoms with E-state index >= 15 is 0 Å². The number of hydrogen-bond donors (Lipinski definition) is 4. The second-order valence-electron chi connectivity index (χ2n) is 9.20. The van der Waals surface area contributed by atoms with Crippen LogP contribution < -0.4 is 16.4 Å². The molecule has 204 valence electrons. The van der Waals surface area contributed by atoms with Crippen LogP contribution in [0.15, 0.2) is 24.3 Å². The number of ketones is 2. The average Bonchev–Trinajstić information content (AvgIpc) is 2.81. The van der Waals surface area contributed by atoms with E-state index in [-0.39, 0.29) is 18.6 Å². The molecule has 0 aliphatic heterocycles. The number of rotatable bonds is 14. The van der Waals surface area contributed by atoms with Crippen molar-refractivity contribution in [1.82, 2.24) is 15.5 Å². The van der Waals surface area contributed by atoms with Gasteiger partial charge in [0, 0.05) is 19.8 Å². The standard InChI is InChI=1S/C25H35ClN4O7/c1-13(2)22(25(37)30(15(4)23(27)35)20(10-14(3)31)21(34)12-26)29-24(36)19(28-16(5)32)11-17-6-8-18(33)9-7-17/h6-9,13,15,19-20,22,33H,10-12H2,1-5H3,(H2,27,35)(H,28,32)(H,29,36)/t15-,19-,20-,22-/m0/s1. The number of benzene rings is 1. The first-order chi connectivity index (χ1) is 17.2. The molecule has 1 aromatic carbocycles. The van der Waals surface area contributed by atoms with Gasteiger partial charge < -0.3 is 26.4 Å². The molecule has 0 spiro atoms. The van der Waals surface area contributed by atoms with Crippen molar-refractivity contribution in [3.05, 3.63) is 29.8 Å². The van der Waals surface area contributed by atoms with Gasteiger partial charge in [-0.25, -0.2) is 0 Å². The van der Waals surface area contributed by atoms with Crippen molar-refractivity contribution in [2.75, 3.05) is 5.88 Å². The predicted octanol–water partition coefficient (Wildman–Crippen LogP) is 0.438. The second-order valence-corrected chi connectivity index (χ2v) is 9.47. The van der Waals surface area contributed by atoms with Gasteiger partial charge in [0.2, 0.25) is 23.6 Å². The Morgan fingerprint density at radius 2 is 1.57 bits per heavy atom. The highest BCUT2D eigenvalue weighted by molar-refractivity contribution is 6.28. The molecule has 5 N–H and O–H groups in total. The van der Waals surface area contributed by atoms with Crippen molar-refractivity contribution in [2.24, 2.45) is 11.7 Å². The van der Waals surface area contributed by atoms with Crippen LogP contribution in [-0.4, -0.2) is 75.2 Å². The molecule has 1 aromatic rings. The minimum atomic E-state index is -1.36. The summed E-state index contributed by atoms with van der Waals surface area (Å²) in [5, 5.41) is 14.7. The van der Waals surface area contributed by atoms with E-state index in [9.17, 15) is 33.9 Å². The lowest BCUT2D eigenvalue weighted by Gasteiger charge is -2.37. The first-order valence-corrected chi connectivity index (χ1v) is 12.3. The number of nitrogens with two attached hydrogens (primary N) is 1. The van der Waals surface area contributed by atoms with Crippen LogP contribution in [0.5, 0.6) is 5.75 Å². The fourth-order valence-electron chi connectivity index (χ4n) is 3.73. The van der Waals surface area contributed by atoms with Crippen molar-refractivity contribution < 1.29 is 33.9 Å². The normalized spacial score (nSPS) is 14.1.